The highest BCUT2D eigenvalue weighted by atomic mass is 15.5. The van der Waals surface area contributed by atoms with Gasteiger partial charge in [0.25, 0.3) is 0 Å². The van der Waals surface area contributed by atoms with Crippen LogP contribution in [0, 0.1) is 6.92 Å². The van der Waals surface area contributed by atoms with E-state index in [1.54, 1.807) is 0 Å². The first-order valence-corrected chi connectivity index (χ1v) is 7.39. The minimum atomic E-state index is 0.421. The van der Waals surface area contributed by atoms with Crippen LogP contribution in [0.3, 0.4) is 0 Å². The van der Waals surface area contributed by atoms with Crippen molar-refractivity contribution in [2.75, 3.05) is 5.73 Å². The van der Waals surface area contributed by atoms with Crippen molar-refractivity contribution in [2.45, 2.75) is 51.5 Å². The van der Waals surface area contributed by atoms with E-state index in [4.69, 9.17) is 5.73 Å². The molecule has 0 unspecified atom stereocenters. The molecule has 1 saturated carbocycles. The first-order chi connectivity index (χ1) is 9.74. The zero-order valence-electron chi connectivity index (χ0n) is 11.9. The van der Waals surface area contributed by atoms with E-state index in [9.17, 15) is 0 Å². The van der Waals surface area contributed by atoms with Gasteiger partial charge in [0.15, 0.2) is 5.82 Å². The number of nitrogens with two attached hydrogens (primary N) is 1. The molecule has 20 heavy (non-hydrogen) atoms. The van der Waals surface area contributed by atoms with E-state index in [1.807, 2.05) is 23.7 Å². The van der Waals surface area contributed by atoms with E-state index in [0.29, 0.717) is 6.04 Å². The summed E-state index contributed by atoms with van der Waals surface area (Å²) in [5.41, 5.74) is 8.85. The molecule has 1 aromatic carbocycles. The lowest BCUT2D eigenvalue weighted by Crippen LogP contribution is -2.12. The van der Waals surface area contributed by atoms with Crippen molar-refractivity contribution >= 4 is 5.69 Å². The summed E-state index contributed by atoms with van der Waals surface area (Å²) >= 11 is 0. The summed E-state index contributed by atoms with van der Waals surface area (Å²) in [5, 5.41) is 12.3. The van der Waals surface area contributed by atoms with Crippen molar-refractivity contribution in [1.29, 1.82) is 0 Å². The predicted molar refractivity (Wildman–Crippen MR) is 79.1 cm³/mol. The van der Waals surface area contributed by atoms with Crippen LogP contribution in [0.5, 0.6) is 0 Å². The van der Waals surface area contributed by atoms with E-state index < -0.39 is 0 Å². The molecule has 2 N–H and O–H groups in total. The summed E-state index contributed by atoms with van der Waals surface area (Å²) in [6.07, 6.45) is 7.51. The number of hydrogen-bond acceptors (Lipinski definition) is 4. The number of aryl methyl sites for hydroxylation is 1. The molecule has 5 nitrogen and oxygen atoms in total. The van der Waals surface area contributed by atoms with Gasteiger partial charge in [0.2, 0.25) is 0 Å². The first kappa shape index (κ1) is 13.1. The number of nitrogen functional groups attached to an aromatic ring is 1. The minimum Gasteiger partial charge on any atom is -0.399 e. The quantitative estimate of drug-likeness (QED) is 0.673. The van der Waals surface area contributed by atoms with Crippen molar-refractivity contribution in [3.8, 4) is 11.4 Å². The fourth-order valence-electron chi connectivity index (χ4n) is 3.07. The van der Waals surface area contributed by atoms with Crippen LogP contribution in [0.1, 0.15) is 50.1 Å². The Morgan fingerprint density at radius 1 is 1.10 bits per heavy atom. The average molecular weight is 271 g/mol. The van der Waals surface area contributed by atoms with Gasteiger partial charge in [0.1, 0.15) is 0 Å². The van der Waals surface area contributed by atoms with Crippen LogP contribution in [0.2, 0.25) is 0 Å². The molecule has 0 amide bonds. The van der Waals surface area contributed by atoms with Crippen LogP contribution in [-0.2, 0) is 0 Å². The molecular formula is C15H21N5. The van der Waals surface area contributed by atoms with Crippen molar-refractivity contribution in [1.82, 2.24) is 20.2 Å². The molecule has 0 spiro atoms. The van der Waals surface area contributed by atoms with Crippen LogP contribution < -0.4 is 5.73 Å². The Morgan fingerprint density at radius 2 is 1.85 bits per heavy atom. The van der Waals surface area contributed by atoms with Crippen LogP contribution in [0.25, 0.3) is 11.4 Å². The molecule has 0 atom stereocenters. The Labute approximate surface area is 119 Å². The fraction of sp³-hybridized carbons (Fsp3) is 0.533. The molecule has 1 aliphatic carbocycles. The Bertz CT molecular complexity index is 561. The number of aromatic nitrogens is 4. The van der Waals surface area contributed by atoms with E-state index in [1.165, 1.54) is 38.5 Å². The van der Waals surface area contributed by atoms with Crippen molar-refractivity contribution in [3.05, 3.63) is 23.8 Å². The summed E-state index contributed by atoms with van der Waals surface area (Å²) in [4.78, 5) is 0. The lowest BCUT2D eigenvalue weighted by atomic mass is 10.1. The van der Waals surface area contributed by atoms with E-state index in [0.717, 1.165) is 22.6 Å². The van der Waals surface area contributed by atoms with Gasteiger partial charge >= 0.3 is 0 Å². The molecule has 106 valence electrons. The Balaban J connectivity index is 1.96. The molecule has 0 radical (unpaired) electrons. The molecule has 1 aliphatic rings. The molecule has 3 rings (SSSR count). The maximum absolute atomic E-state index is 5.94. The molecule has 1 fully saturated rings. The predicted octanol–water partition coefficient (Wildman–Crippen LogP) is 3.13. The van der Waals surface area contributed by atoms with Gasteiger partial charge in [0, 0.05) is 11.3 Å². The summed E-state index contributed by atoms with van der Waals surface area (Å²) in [6, 6.07) is 6.42. The van der Waals surface area contributed by atoms with Crippen LogP contribution >= 0.6 is 0 Å². The second kappa shape index (κ2) is 5.61. The summed E-state index contributed by atoms with van der Waals surface area (Å²) in [6.45, 7) is 2.04. The summed E-state index contributed by atoms with van der Waals surface area (Å²) < 4.78 is 2.00. The second-order valence-corrected chi connectivity index (χ2v) is 5.72. The van der Waals surface area contributed by atoms with Gasteiger partial charge in [-0.3, -0.25) is 0 Å². The number of anilines is 1. The Morgan fingerprint density at radius 3 is 2.55 bits per heavy atom. The van der Waals surface area contributed by atoms with Crippen LogP contribution in [0.15, 0.2) is 18.2 Å². The Hall–Kier alpha value is -1.91. The maximum Gasteiger partial charge on any atom is 0.182 e. The number of hydrogen-bond donors (Lipinski definition) is 1. The zero-order chi connectivity index (χ0) is 13.9. The van der Waals surface area contributed by atoms with Gasteiger partial charge in [0.05, 0.1) is 6.04 Å². The summed E-state index contributed by atoms with van der Waals surface area (Å²) in [7, 11) is 0. The fourth-order valence-corrected chi connectivity index (χ4v) is 3.07. The molecular weight excluding hydrogens is 250 g/mol. The smallest absolute Gasteiger partial charge is 0.182 e. The van der Waals surface area contributed by atoms with E-state index >= 15 is 0 Å². The topological polar surface area (TPSA) is 69.6 Å². The van der Waals surface area contributed by atoms with E-state index in [2.05, 4.69) is 21.6 Å². The highest BCUT2D eigenvalue weighted by molar-refractivity contribution is 5.62. The third-order valence-corrected chi connectivity index (χ3v) is 4.02. The third kappa shape index (κ3) is 2.66. The largest absolute Gasteiger partial charge is 0.399 e. The second-order valence-electron chi connectivity index (χ2n) is 5.72. The van der Waals surface area contributed by atoms with Gasteiger partial charge < -0.3 is 5.73 Å². The lowest BCUT2D eigenvalue weighted by Gasteiger charge is -2.16. The number of tetrazole rings is 1. The monoisotopic (exact) mass is 271 g/mol. The summed E-state index contributed by atoms with van der Waals surface area (Å²) in [5.74, 6) is 0.840. The number of benzene rings is 1. The van der Waals surface area contributed by atoms with Gasteiger partial charge in [-0.25, -0.2) is 4.68 Å². The van der Waals surface area contributed by atoms with Gasteiger partial charge in [-0.15, -0.1) is 5.10 Å². The first-order valence-electron chi connectivity index (χ1n) is 7.39. The van der Waals surface area contributed by atoms with Gasteiger partial charge in [-0.1, -0.05) is 25.7 Å². The highest BCUT2D eigenvalue weighted by Gasteiger charge is 2.20. The standard InChI is InChI=1S/C15H21N5/c1-11-8-12(10-13(16)9-11)15-17-18-19-20(15)14-6-4-2-3-5-7-14/h8-10,14H,2-7,16H2,1H3. The SMILES string of the molecule is Cc1cc(N)cc(-c2nnnn2C2CCCCCC2)c1. The molecule has 0 bridgehead atoms. The number of rotatable bonds is 2. The molecule has 1 aromatic heterocycles. The lowest BCUT2D eigenvalue weighted by molar-refractivity contribution is 0.400. The molecule has 5 heteroatoms. The minimum absolute atomic E-state index is 0.421. The third-order valence-electron chi connectivity index (χ3n) is 4.02. The number of nitrogens with zero attached hydrogens (tertiary/aromatic N) is 4. The normalized spacial score (nSPS) is 17.1. The Kier molecular flexibility index (Phi) is 3.67. The van der Waals surface area contributed by atoms with Crippen molar-refractivity contribution in [3.63, 3.8) is 0 Å². The van der Waals surface area contributed by atoms with E-state index in [-0.39, 0.29) is 0 Å². The van der Waals surface area contributed by atoms with Crippen molar-refractivity contribution < 1.29 is 0 Å². The molecule has 0 aliphatic heterocycles. The molecule has 2 aromatic rings. The van der Waals surface area contributed by atoms with Gasteiger partial charge in [-0.05, 0) is 54.0 Å². The molecule has 0 saturated heterocycles. The maximum atomic E-state index is 5.94. The zero-order valence-corrected chi connectivity index (χ0v) is 11.9. The van der Waals surface area contributed by atoms with Gasteiger partial charge in [-0.2, -0.15) is 0 Å². The van der Waals surface area contributed by atoms with Crippen molar-refractivity contribution in [2.24, 2.45) is 0 Å². The highest BCUT2D eigenvalue weighted by Crippen LogP contribution is 2.30. The molecule has 1 heterocycles. The van der Waals surface area contributed by atoms with Crippen LogP contribution in [-0.4, -0.2) is 20.2 Å². The average Bonchev–Trinajstić information content (AvgIpc) is 2.73. The van der Waals surface area contributed by atoms with Crippen LogP contribution in [0.4, 0.5) is 5.69 Å².